The van der Waals surface area contributed by atoms with Crippen molar-refractivity contribution in [3.05, 3.63) is 66.0 Å². The number of carbonyl (C=O) groups is 2. The number of carbonyl (C=O) groups excluding carboxylic acids is 2. The minimum absolute atomic E-state index is 0.125. The third kappa shape index (κ3) is 5.90. The molecule has 0 atom stereocenters. The van der Waals surface area contributed by atoms with Crippen LogP contribution in [-0.2, 0) is 22.6 Å². The summed E-state index contributed by atoms with van der Waals surface area (Å²) in [5, 5.41) is 2.76. The summed E-state index contributed by atoms with van der Waals surface area (Å²) in [4.78, 5) is 29.4. The van der Waals surface area contributed by atoms with E-state index >= 15 is 0 Å². The maximum Gasteiger partial charge on any atom is 0.231 e. The van der Waals surface area contributed by atoms with Crippen LogP contribution in [0.2, 0.25) is 0 Å². The van der Waals surface area contributed by atoms with Gasteiger partial charge in [-0.25, -0.2) is 0 Å². The van der Waals surface area contributed by atoms with E-state index in [1.807, 2.05) is 42.5 Å². The molecule has 0 saturated heterocycles. The predicted octanol–water partition coefficient (Wildman–Crippen LogP) is 1.79. The Labute approximate surface area is 136 Å². The van der Waals surface area contributed by atoms with Crippen LogP contribution in [0.1, 0.15) is 17.5 Å². The Morgan fingerprint density at radius 1 is 1.04 bits per heavy atom. The average molecular weight is 311 g/mol. The molecule has 0 radical (unpaired) electrons. The second-order valence-corrected chi connectivity index (χ2v) is 5.36. The zero-order valence-corrected chi connectivity index (χ0v) is 13.2. The second kappa shape index (κ2) is 8.68. The molecule has 120 valence electrons. The van der Waals surface area contributed by atoms with Gasteiger partial charge in [0.15, 0.2) is 0 Å². The third-order valence-corrected chi connectivity index (χ3v) is 3.56. The molecule has 1 aromatic carbocycles. The fourth-order valence-corrected chi connectivity index (χ4v) is 2.10. The number of nitrogens with zero attached hydrogens (tertiary/aromatic N) is 2. The van der Waals surface area contributed by atoms with Gasteiger partial charge in [-0.2, -0.15) is 0 Å². The number of likely N-dealkylation sites (N-methyl/N-ethyl adjacent to an activating group) is 1. The Kier molecular flexibility index (Phi) is 6.29. The van der Waals surface area contributed by atoms with Gasteiger partial charge >= 0.3 is 0 Å². The molecule has 0 saturated carbocycles. The third-order valence-electron chi connectivity index (χ3n) is 3.56. The summed E-state index contributed by atoms with van der Waals surface area (Å²) in [5.74, 6) is -0.431. The molecular weight excluding hydrogens is 290 g/mol. The van der Waals surface area contributed by atoms with Gasteiger partial charge in [0.2, 0.25) is 11.8 Å². The van der Waals surface area contributed by atoms with Crippen LogP contribution >= 0.6 is 0 Å². The summed E-state index contributed by atoms with van der Waals surface area (Å²) in [7, 11) is 1.72. The van der Waals surface area contributed by atoms with Crippen LogP contribution < -0.4 is 5.32 Å². The van der Waals surface area contributed by atoms with Crippen molar-refractivity contribution in [2.24, 2.45) is 0 Å². The SMILES string of the molecule is CN(CCc1ccncc1)C(=O)CC(=O)NCc1ccccc1. The molecule has 2 aromatic rings. The topological polar surface area (TPSA) is 62.3 Å². The maximum absolute atomic E-state index is 12.0. The predicted molar refractivity (Wildman–Crippen MR) is 88.5 cm³/mol. The summed E-state index contributed by atoms with van der Waals surface area (Å²) < 4.78 is 0. The van der Waals surface area contributed by atoms with E-state index in [2.05, 4.69) is 10.3 Å². The highest BCUT2D eigenvalue weighted by Gasteiger charge is 2.13. The van der Waals surface area contributed by atoms with Crippen molar-refractivity contribution in [3.8, 4) is 0 Å². The van der Waals surface area contributed by atoms with E-state index in [-0.39, 0.29) is 18.2 Å². The summed E-state index contributed by atoms with van der Waals surface area (Å²) in [6.45, 7) is 1.02. The first-order chi connectivity index (χ1) is 11.1. The number of amides is 2. The zero-order valence-electron chi connectivity index (χ0n) is 13.2. The summed E-state index contributed by atoms with van der Waals surface area (Å²) in [5.41, 5.74) is 2.13. The zero-order chi connectivity index (χ0) is 16.5. The molecule has 0 unspecified atom stereocenters. The van der Waals surface area contributed by atoms with Crippen LogP contribution in [0.4, 0.5) is 0 Å². The summed E-state index contributed by atoms with van der Waals surface area (Å²) in [6.07, 6.45) is 4.08. The molecule has 0 fully saturated rings. The standard InChI is InChI=1S/C18H21N3O2/c1-21(12-9-15-7-10-19-11-8-15)18(23)13-17(22)20-14-16-5-3-2-4-6-16/h2-8,10-11H,9,12-14H2,1H3,(H,20,22). The Morgan fingerprint density at radius 3 is 2.43 bits per heavy atom. The first kappa shape index (κ1) is 16.7. The largest absolute Gasteiger partial charge is 0.352 e. The highest BCUT2D eigenvalue weighted by atomic mass is 16.2. The van der Waals surface area contributed by atoms with Crippen molar-refractivity contribution < 1.29 is 9.59 Å². The van der Waals surface area contributed by atoms with Crippen molar-refractivity contribution >= 4 is 11.8 Å². The van der Waals surface area contributed by atoms with E-state index in [4.69, 9.17) is 0 Å². The van der Waals surface area contributed by atoms with Gasteiger partial charge in [0, 0.05) is 32.5 Å². The van der Waals surface area contributed by atoms with Gasteiger partial charge in [-0.1, -0.05) is 30.3 Å². The van der Waals surface area contributed by atoms with Crippen molar-refractivity contribution in [3.63, 3.8) is 0 Å². The Hall–Kier alpha value is -2.69. The van der Waals surface area contributed by atoms with Crippen molar-refractivity contribution in [2.75, 3.05) is 13.6 Å². The number of pyridine rings is 1. The van der Waals surface area contributed by atoms with Crippen molar-refractivity contribution in [1.29, 1.82) is 0 Å². The molecule has 2 amide bonds. The lowest BCUT2D eigenvalue weighted by atomic mass is 10.2. The minimum Gasteiger partial charge on any atom is -0.352 e. The molecule has 1 N–H and O–H groups in total. The highest BCUT2D eigenvalue weighted by Crippen LogP contribution is 2.01. The number of hydrogen-bond acceptors (Lipinski definition) is 3. The molecule has 1 heterocycles. The van der Waals surface area contributed by atoms with E-state index < -0.39 is 0 Å². The van der Waals surface area contributed by atoms with Crippen molar-refractivity contribution in [1.82, 2.24) is 15.2 Å². The minimum atomic E-state index is -0.255. The number of nitrogens with one attached hydrogen (secondary N) is 1. The molecule has 2 rings (SSSR count). The van der Waals surface area contributed by atoms with Crippen LogP contribution in [0.5, 0.6) is 0 Å². The van der Waals surface area contributed by atoms with Gasteiger partial charge in [-0.15, -0.1) is 0 Å². The quantitative estimate of drug-likeness (QED) is 0.793. The van der Waals surface area contributed by atoms with Crippen molar-refractivity contribution in [2.45, 2.75) is 19.4 Å². The van der Waals surface area contributed by atoms with Crippen LogP contribution in [0.25, 0.3) is 0 Å². The van der Waals surface area contributed by atoms with Crippen LogP contribution in [0.3, 0.4) is 0 Å². The van der Waals surface area contributed by atoms with Crippen LogP contribution in [-0.4, -0.2) is 35.3 Å². The number of aromatic nitrogens is 1. The highest BCUT2D eigenvalue weighted by molar-refractivity contribution is 5.96. The molecule has 5 nitrogen and oxygen atoms in total. The summed E-state index contributed by atoms with van der Waals surface area (Å²) >= 11 is 0. The molecule has 0 spiro atoms. The van der Waals surface area contributed by atoms with Crippen LogP contribution in [0.15, 0.2) is 54.9 Å². The lowest BCUT2D eigenvalue weighted by Crippen LogP contribution is -2.34. The molecule has 23 heavy (non-hydrogen) atoms. The fraction of sp³-hybridized carbons (Fsp3) is 0.278. The van der Waals surface area contributed by atoms with Gasteiger partial charge in [-0.3, -0.25) is 14.6 Å². The first-order valence-electron chi connectivity index (χ1n) is 7.58. The van der Waals surface area contributed by atoms with E-state index in [0.717, 1.165) is 17.5 Å². The lowest BCUT2D eigenvalue weighted by Gasteiger charge is -2.17. The lowest BCUT2D eigenvalue weighted by molar-refractivity contribution is -0.135. The van der Waals surface area contributed by atoms with Gasteiger partial charge in [0.1, 0.15) is 6.42 Å². The Morgan fingerprint density at radius 2 is 1.74 bits per heavy atom. The smallest absolute Gasteiger partial charge is 0.231 e. The second-order valence-electron chi connectivity index (χ2n) is 5.36. The van der Waals surface area contributed by atoms with E-state index in [1.54, 1.807) is 24.3 Å². The average Bonchev–Trinajstić information content (AvgIpc) is 2.59. The summed E-state index contributed by atoms with van der Waals surface area (Å²) in [6, 6.07) is 13.5. The fourth-order valence-electron chi connectivity index (χ4n) is 2.10. The van der Waals surface area contributed by atoms with Gasteiger partial charge in [0.05, 0.1) is 0 Å². The van der Waals surface area contributed by atoms with E-state index in [0.29, 0.717) is 13.1 Å². The van der Waals surface area contributed by atoms with Gasteiger partial charge < -0.3 is 10.2 Å². The monoisotopic (exact) mass is 311 g/mol. The molecule has 0 aliphatic rings. The first-order valence-corrected chi connectivity index (χ1v) is 7.58. The van der Waals surface area contributed by atoms with E-state index in [9.17, 15) is 9.59 Å². The van der Waals surface area contributed by atoms with E-state index in [1.165, 1.54) is 0 Å². The maximum atomic E-state index is 12.0. The van der Waals surface area contributed by atoms with Crippen LogP contribution in [0, 0.1) is 0 Å². The molecular formula is C18H21N3O2. The van der Waals surface area contributed by atoms with Gasteiger partial charge in [0.25, 0.3) is 0 Å². The molecule has 1 aromatic heterocycles. The normalized spacial score (nSPS) is 10.1. The Bertz CT molecular complexity index is 629. The number of rotatable bonds is 7. The number of benzene rings is 1. The Balaban J connectivity index is 1.71. The molecule has 0 bridgehead atoms. The van der Waals surface area contributed by atoms with Gasteiger partial charge in [-0.05, 0) is 29.7 Å². The molecule has 5 heteroatoms. The molecule has 0 aliphatic carbocycles. The molecule has 0 aliphatic heterocycles. The number of hydrogen-bond donors (Lipinski definition) is 1.